The molecule has 92 valence electrons. The maximum absolute atomic E-state index is 9.56. The number of hydrogen-bond acceptors (Lipinski definition) is 3. The molecule has 0 aliphatic carbocycles. The molecule has 0 aromatic heterocycles. The Balaban J connectivity index is 0.000000325. The average molecular weight is 245 g/mol. The second-order valence-electron chi connectivity index (χ2n) is 3.54. The van der Waals surface area contributed by atoms with Crippen LogP contribution in [-0.4, -0.2) is 24.8 Å². The van der Waals surface area contributed by atoms with Crippen LogP contribution >= 0.6 is 0 Å². The van der Waals surface area contributed by atoms with Crippen molar-refractivity contribution in [2.45, 2.75) is 26.3 Å². The predicted molar refractivity (Wildman–Crippen MR) is 65.9 cm³/mol. The highest BCUT2D eigenvalue weighted by molar-refractivity contribution is 7.85. The first-order valence-electron chi connectivity index (χ1n) is 5.09. The predicted octanol–water partition coefficient (Wildman–Crippen LogP) is 1.47. The Labute approximate surface area is 97.2 Å². The average Bonchev–Trinajstić information content (AvgIpc) is 2.18. The molecule has 0 saturated carbocycles. The van der Waals surface area contributed by atoms with Gasteiger partial charge in [-0.25, -0.2) is 0 Å². The van der Waals surface area contributed by atoms with Crippen LogP contribution in [0.15, 0.2) is 30.3 Å². The lowest BCUT2D eigenvalue weighted by Crippen LogP contribution is -2.17. The summed E-state index contributed by atoms with van der Waals surface area (Å²) in [4.78, 5) is 0. The van der Waals surface area contributed by atoms with Crippen LogP contribution in [0.1, 0.15) is 19.4 Å². The van der Waals surface area contributed by atoms with Crippen LogP contribution in [0.3, 0.4) is 0 Å². The van der Waals surface area contributed by atoms with Gasteiger partial charge in [-0.05, 0) is 25.8 Å². The van der Waals surface area contributed by atoms with E-state index in [0.717, 1.165) is 6.42 Å². The third-order valence-corrected chi connectivity index (χ3v) is 2.49. The summed E-state index contributed by atoms with van der Waals surface area (Å²) in [5.74, 6) is -0.201. The van der Waals surface area contributed by atoms with E-state index in [-0.39, 0.29) is 11.8 Å². The Morgan fingerprint density at radius 3 is 2.06 bits per heavy atom. The normalized spacial score (nSPS) is 12.5. The molecule has 0 aliphatic rings. The van der Waals surface area contributed by atoms with Crippen molar-refractivity contribution in [2.24, 2.45) is 5.73 Å². The van der Waals surface area contributed by atoms with Crippen LogP contribution in [-0.2, 0) is 16.5 Å². The van der Waals surface area contributed by atoms with Gasteiger partial charge in [0, 0.05) is 6.04 Å². The van der Waals surface area contributed by atoms with Gasteiger partial charge in [-0.1, -0.05) is 30.3 Å². The molecule has 1 unspecified atom stereocenters. The van der Waals surface area contributed by atoms with Gasteiger partial charge in [-0.2, -0.15) is 8.42 Å². The van der Waals surface area contributed by atoms with Gasteiger partial charge in [0.25, 0.3) is 10.1 Å². The minimum absolute atomic E-state index is 0.201. The SMILES string of the molecule is CC(N)Cc1ccccc1.CCS(=O)(=O)O. The van der Waals surface area contributed by atoms with Crippen LogP contribution in [0.25, 0.3) is 0 Å². The van der Waals surface area contributed by atoms with Crippen molar-refractivity contribution in [3.63, 3.8) is 0 Å². The first-order valence-corrected chi connectivity index (χ1v) is 6.70. The van der Waals surface area contributed by atoms with Gasteiger partial charge in [-0.3, -0.25) is 4.55 Å². The summed E-state index contributed by atoms with van der Waals surface area (Å²) in [7, 11) is -3.66. The first-order chi connectivity index (χ1) is 7.35. The monoisotopic (exact) mass is 245 g/mol. The van der Waals surface area contributed by atoms with Crippen molar-refractivity contribution in [1.29, 1.82) is 0 Å². The van der Waals surface area contributed by atoms with Crippen LogP contribution in [0.4, 0.5) is 0 Å². The van der Waals surface area contributed by atoms with Gasteiger partial charge in [0.15, 0.2) is 0 Å². The number of benzene rings is 1. The summed E-state index contributed by atoms with van der Waals surface area (Å²) < 4.78 is 26.9. The summed E-state index contributed by atoms with van der Waals surface area (Å²) in [6.07, 6.45) is 0.973. The number of rotatable bonds is 3. The molecule has 0 amide bonds. The zero-order valence-corrected chi connectivity index (χ0v) is 10.4. The molecule has 0 aliphatic heterocycles. The van der Waals surface area contributed by atoms with E-state index >= 15 is 0 Å². The van der Waals surface area contributed by atoms with E-state index < -0.39 is 10.1 Å². The van der Waals surface area contributed by atoms with E-state index in [1.54, 1.807) is 0 Å². The highest BCUT2D eigenvalue weighted by atomic mass is 32.2. The van der Waals surface area contributed by atoms with Crippen molar-refractivity contribution in [2.75, 3.05) is 5.75 Å². The molecule has 0 heterocycles. The van der Waals surface area contributed by atoms with Crippen molar-refractivity contribution >= 4 is 10.1 Å². The van der Waals surface area contributed by atoms with E-state index in [1.165, 1.54) is 12.5 Å². The smallest absolute Gasteiger partial charge is 0.264 e. The van der Waals surface area contributed by atoms with E-state index in [9.17, 15) is 8.42 Å². The van der Waals surface area contributed by atoms with Gasteiger partial charge in [0.2, 0.25) is 0 Å². The van der Waals surface area contributed by atoms with E-state index in [1.807, 2.05) is 25.1 Å². The lowest BCUT2D eigenvalue weighted by atomic mass is 10.1. The third-order valence-electron chi connectivity index (χ3n) is 1.77. The first kappa shape index (κ1) is 15.1. The Bertz CT molecular complexity index is 373. The fourth-order valence-corrected chi connectivity index (χ4v) is 0.986. The molecule has 0 spiro atoms. The molecule has 0 saturated heterocycles. The number of hydrogen-bond donors (Lipinski definition) is 2. The van der Waals surface area contributed by atoms with Crippen molar-refractivity contribution in [1.82, 2.24) is 0 Å². The summed E-state index contributed by atoms with van der Waals surface area (Å²) >= 11 is 0. The third kappa shape index (κ3) is 9.64. The number of nitrogens with two attached hydrogens (primary N) is 1. The summed E-state index contributed by atoms with van der Waals surface area (Å²) in [6, 6.07) is 10.6. The molecule has 1 atom stereocenters. The Hall–Kier alpha value is -0.910. The zero-order valence-electron chi connectivity index (χ0n) is 9.63. The van der Waals surface area contributed by atoms with Gasteiger partial charge >= 0.3 is 0 Å². The zero-order chi connectivity index (χ0) is 12.6. The Kier molecular flexibility index (Phi) is 6.96. The molecule has 1 aromatic rings. The van der Waals surface area contributed by atoms with Gasteiger partial charge in [0.1, 0.15) is 0 Å². The topological polar surface area (TPSA) is 80.4 Å². The molecule has 5 heteroatoms. The minimum atomic E-state index is -3.66. The van der Waals surface area contributed by atoms with Crippen LogP contribution in [0.5, 0.6) is 0 Å². The molecular weight excluding hydrogens is 226 g/mol. The summed E-state index contributed by atoms with van der Waals surface area (Å²) in [5.41, 5.74) is 6.94. The van der Waals surface area contributed by atoms with Crippen molar-refractivity contribution < 1.29 is 13.0 Å². The highest BCUT2D eigenvalue weighted by Gasteiger charge is 1.94. The molecule has 1 aromatic carbocycles. The van der Waals surface area contributed by atoms with Crippen molar-refractivity contribution in [3.05, 3.63) is 35.9 Å². The molecule has 16 heavy (non-hydrogen) atoms. The van der Waals surface area contributed by atoms with Crippen LogP contribution < -0.4 is 5.73 Å². The van der Waals surface area contributed by atoms with Gasteiger partial charge < -0.3 is 5.73 Å². The standard InChI is InChI=1S/C9H13N.C2H6O3S/c1-8(10)7-9-5-3-2-4-6-9;1-2-6(3,4)5/h2-6,8H,7,10H2,1H3;2H2,1H3,(H,3,4,5). The second kappa shape index (κ2) is 7.38. The van der Waals surface area contributed by atoms with Gasteiger partial charge in [0.05, 0.1) is 5.75 Å². The maximum atomic E-state index is 9.56. The fraction of sp³-hybridized carbons (Fsp3) is 0.455. The largest absolute Gasteiger partial charge is 0.328 e. The fourth-order valence-electron chi connectivity index (χ4n) is 0.986. The Morgan fingerprint density at radius 2 is 1.75 bits per heavy atom. The molecule has 4 nitrogen and oxygen atoms in total. The van der Waals surface area contributed by atoms with E-state index in [0.29, 0.717) is 0 Å². The summed E-state index contributed by atoms with van der Waals surface area (Å²) in [6.45, 7) is 3.39. The minimum Gasteiger partial charge on any atom is -0.328 e. The maximum Gasteiger partial charge on any atom is 0.264 e. The van der Waals surface area contributed by atoms with Crippen LogP contribution in [0, 0.1) is 0 Å². The van der Waals surface area contributed by atoms with Crippen molar-refractivity contribution in [3.8, 4) is 0 Å². The molecule has 0 fully saturated rings. The molecule has 3 N–H and O–H groups in total. The van der Waals surface area contributed by atoms with E-state index in [4.69, 9.17) is 10.3 Å². The highest BCUT2D eigenvalue weighted by Crippen LogP contribution is 2.00. The van der Waals surface area contributed by atoms with E-state index in [2.05, 4.69) is 12.1 Å². The molecule has 0 bridgehead atoms. The Morgan fingerprint density at radius 1 is 1.31 bits per heavy atom. The molecule has 0 radical (unpaired) electrons. The summed E-state index contributed by atoms with van der Waals surface area (Å²) in [5, 5.41) is 0. The van der Waals surface area contributed by atoms with Crippen LogP contribution in [0.2, 0.25) is 0 Å². The van der Waals surface area contributed by atoms with Gasteiger partial charge in [-0.15, -0.1) is 0 Å². The molecular formula is C11H19NO3S. The second-order valence-corrected chi connectivity index (χ2v) is 5.28. The quantitative estimate of drug-likeness (QED) is 0.790. The molecule has 1 rings (SSSR count). The lowest BCUT2D eigenvalue weighted by molar-refractivity contribution is 0.484. The lowest BCUT2D eigenvalue weighted by Gasteiger charge is -2.02.